The van der Waals surface area contributed by atoms with Crippen LogP contribution in [0.25, 0.3) is 0 Å². The van der Waals surface area contributed by atoms with E-state index in [9.17, 15) is 9.18 Å². The summed E-state index contributed by atoms with van der Waals surface area (Å²) in [6.07, 6.45) is 0. The smallest absolute Gasteiger partial charge is 0.234 e. The molecule has 0 saturated carbocycles. The summed E-state index contributed by atoms with van der Waals surface area (Å²) in [4.78, 5) is 11.7. The van der Waals surface area contributed by atoms with Gasteiger partial charge in [-0.15, -0.1) is 11.8 Å². The summed E-state index contributed by atoms with van der Waals surface area (Å²) in [7, 11) is 0. The van der Waals surface area contributed by atoms with Crippen LogP contribution >= 0.6 is 23.4 Å². The molecule has 0 atom stereocenters. The summed E-state index contributed by atoms with van der Waals surface area (Å²) in [6.45, 7) is 0.507. The highest BCUT2D eigenvalue weighted by Gasteiger charge is 2.07. The number of ether oxygens (including phenoxy) is 1. The van der Waals surface area contributed by atoms with Gasteiger partial charge >= 0.3 is 0 Å². The zero-order chi connectivity index (χ0) is 15.8. The molecule has 116 valence electrons. The van der Waals surface area contributed by atoms with E-state index in [0.29, 0.717) is 17.4 Å². The van der Waals surface area contributed by atoms with E-state index in [4.69, 9.17) is 16.3 Å². The Hall–Kier alpha value is -1.72. The van der Waals surface area contributed by atoms with Gasteiger partial charge < -0.3 is 10.1 Å². The van der Waals surface area contributed by atoms with Crippen molar-refractivity contribution >= 4 is 35.0 Å². The lowest BCUT2D eigenvalue weighted by Gasteiger charge is -2.07. The average molecular weight is 340 g/mol. The maximum atomic E-state index is 13.5. The van der Waals surface area contributed by atoms with Crippen molar-refractivity contribution in [1.29, 1.82) is 0 Å². The van der Waals surface area contributed by atoms with Gasteiger partial charge in [0.1, 0.15) is 11.6 Å². The first-order chi connectivity index (χ1) is 10.6. The highest BCUT2D eigenvalue weighted by atomic mass is 35.5. The molecule has 3 nitrogen and oxygen atoms in total. The predicted molar refractivity (Wildman–Crippen MR) is 89.3 cm³/mol. The summed E-state index contributed by atoms with van der Waals surface area (Å²) in [5, 5.41) is 2.88. The Kier molecular flexibility index (Phi) is 6.55. The number of anilines is 1. The van der Waals surface area contributed by atoms with Crippen molar-refractivity contribution in [2.24, 2.45) is 0 Å². The van der Waals surface area contributed by atoms with Crippen LogP contribution < -0.4 is 10.1 Å². The number of carbonyl (C=O) groups excluding carboxylic acids is 1. The minimum atomic E-state index is -0.504. The summed E-state index contributed by atoms with van der Waals surface area (Å²) < 4.78 is 19.0. The Morgan fingerprint density at radius 3 is 2.77 bits per heavy atom. The fourth-order valence-electron chi connectivity index (χ4n) is 1.68. The Morgan fingerprint density at radius 2 is 2.00 bits per heavy atom. The minimum Gasteiger partial charge on any atom is -0.493 e. The Morgan fingerprint density at radius 1 is 1.23 bits per heavy atom. The van der Waals surface area contributed by atoms with Crippen LogP contribution in [0.15, 0.2) is 48.5 Å². The summed E-state index contributed by atoms with van der Waals surface area (Å²) >= 11 is 7.18. The van der Waals surface area contributed by atoms with E-state index in [1.807, 2.05) is 30.3 Å². The number of nitrogens with one attached hydrogen (secondary N) is 1. The fourth-order valence-corrected chi connectivity index (χ4v) is 2.45. The number of rotatable bonds is 7. The van der Waals surface area contributed by atoms with Gasteiger partial charge in [0.25, 0.3) is 0 Å². The lowest BCUT2D eigenvalue weighted by molar-refractivity contribution is -0.113. The number of amides is 1. The molecular weight excluding hydrogens is 325 g/mol. The van der Waals surface area contributed by atoms with Crippen LogP contribution in [0.1, 0.15) is 0 Å². The normalized spacial score (nSPS) is 10.3. The molecular formula is C16H15ClFNO2S. The summed E-state index contributed by atoms with van der Waals surface area (Å²) in [5.41, 5.74) is 0.0960. The van der Waals surface area contributed by atoms with Crippen molar-refractivity contribution in [1.82, 2.24) is 0 Å². The summed E-state index contributed by atoms with van der Waals surface area (Å²) in [5.74, 6) is 0.916. The molecule has 0 spiro atoms. The molecule has 0 aromatic heterocycles. The van der Waals surface area contributed by atoms with E-state index in [1.54, 1.807) is 0 Å². The van der Waals surface area contributed by atoms with Crippen molar-refractivity contribution in [3.05, 3.63) is 59.4 Å². The minimum absolute atomic E-state index is 0.0960. The van der Waals surface area contributed by atoms with Crippen LogP contribution in [-0.4, -0.2) is 24.0 Å². The standard InChI is InChI=1S/C16H15ClFNO2S/c17-12-6-7-14(18)15(10-12)19-16(20)11-22-9-8-21-13-4-2-1-3-5-13/h1-7,10H,8-9,11H2,(H,19,20). The van der Waals surface area contributed by atoms with Crippen LogP contribution in [0.2, 0.25) is 5.02 Å². The van der Waals surface area contributed by atoms with Gasteiger partial charge in [0.15, 0.2) is 0 Å². The van der Waals surface area contributed by atoms with E-state index in [2.05, 4.69) is 5.32 Å². The first-order valence-electron chi connectivity index (χ1n) is 6.65. The Labute approximate surface area is 137 Å². The molecule has 0 aliphatic rings. The maximum absolute atomic E-state index is 13.5. The number of para-hydroxylation sites is 1. The molecule has 0 saturated heterocycles. The third-order valence-corrected chi connectivity index (χ3v) is 3.83. The van der Waals surface area contributed by atoms with Crippen LogP contribution in [0.4, 0.5) is 10.1 Å². The molecule has 2 rings (SSSR count). The Bertz CT molecular complexity index is 625. The average Bonchev–Trinajstić information content (AvgIpc) is 2.51. The Balaban J connectivity index is 1.66. The van der Waals surface area contributed by atoms with E-state index in [1.165, 1.54) is 30.0 Å². The third-order valence-electron chi connectivity index (χ3n) is 2.68. The predicted octanol–water partition coefficient (Wildman–Crippen LogP) is 4.23. The molecule has 0 heterocycles. The molecule has 0 radical (unpaired) electrons. The van der Waals surface area contributed by atoms with Crippen molar-refractivity contribution in [2.75, 3.05) is 23.4 Å². The molecule has 6 heteroatoms. The number of hydrogen-bond acceptors (Lipinski definition) is 3. The molecule has 0 aliphatic heterocycles. The van der Waals surface area contributed by atoms with Gasteiger partial charge in [0.2, 0.25) is 5.91 Å². The highest BCUT2D eigenvalue weighted by molar-refractivity contribution is 7.99. The van der Waals surface area contributed by atoms with E-state index >= 15 is 0 Å². The monoisotopic (exact) mass is 339 g/mol. The molecule has 0 aliphatic carbocycles. The van der Waals surface area contributed by atoms with Crippen molar-refractivity contribution in [3.63, 3.8) is 0 Å². The van der Waals surface area contributed by atoms with E-state index in [0.717, 1.165) is 5.75 Å². The number of halogens is 2. The third kappa shape index (κ3) is 5.58. The van der Waals surface area contributed by atoms with Gasteiger partial charge in [-0.2, -0.15) is 0 Å². The zero-order valence-electron chi connectivity index (χ0n) is 11.7. The second-order valence-electron chi connectivity index (χ2n) is 4.39. The summed E-state index contributed by atoms with van der Waals surface area (Å²) in [6, 6.07) is 13.5. The zero-order valence-corrected chi connectivity index (χ0v) is 13.3. The van der Waals surface area contributed by atoms with Gasteiger partial charge in [0, 0.05) is 10.8 Å². The second kappa shape index (κ2) is 8.66. The topological polar surface area (TPSA) is 38.3 Å². The number of carbonyl (C=O) groups is 1. The van der Waals surface area contributed by atoms with Crippen molar-refractivity contribution in [3.8, 4) is 5.75 Å². The maximum Gasteiger partial charge on any atom is 0.234 e. The van der Waals surface area contributed by atoms with Crippen LogP contribution in [0.3, 0.4) is 0 Å². The van der Waals surface area contributed by atoms with Crippen LogP contribution in [0, 0.1) is 5.82 Å². The molecule has 22 heavy (non-hydrogen) atoms. The van der Waals surface area contributed by atoms with E-state index < -0.39 is 5.82 Å². The van der Waals surface area contributed by atoms with E-state index in [-0.39, 0.29) is 17.3 Å². The first kappa shape index (κ1) is 16.6. The lowest BCUT2D eigenvalue weighted by atomic mass is 10.3. The fraction of sp³-hybridized carbons (Fsp3) is 0.188. The largest absolute Gasteiger partial charge is 0.493 e. The molecule has 1 amide bonds. The number of benzene rings is 2. The molecule has 1 N–H and O–H groups in total. The first-order valence-corrected chi connectivity index (χ1v) is 8.19. The van der Waals surface area contributed by atoms with Crippen molar-refractivity contribution < 1.29 is 13.9 Å². The van der Waals surface area contributed by atoms with Gasteiger partial charge in [0.05, 0.1) is 18.0 Å². The molecule has 2 aromatic rings. The van der Waals surface area contributed by atoms with Crippen LogP contribution in [-0.2, 0) is 4.79 Å². The highest BCUT2D eigenvalue weighted by Crippen LogP contribution is 2.19. The number of hydrogen-bond donors (Lipinski definition) is 1. The number of thioether (sulfide) groups is 1. The second-order valence-corrected chi connectivity index (χ2v) is 5.93. The van der Waals surface area contributed by atoms with Gasteiger partial charge in [-0.05, 0) is 30.3 Å². The van der Waals surface area contributed by atoms with Crippen molar-refractivity contribution in [2.45, 2.75) is 0 Å². The lowest BCUT2D eigenvalue weighted by Crippen LogP contribution is -2.16. The molecule has 0 bridgehead atoms. The van der Waals surface area contributed by atoms with Crippen LogP contribution in [0.5, 0.6) is 5.75 Å². The molecule has 0 unspecified atom stereocenters. The molecule has 2 aromatic carbocycles. The SMILES string of the molecule is O=C(CSCCOc1ccccc1)Nc1cc(Cl)ccc1F. The van der Waals surface area contributed by atoms with Gasteiger partial charge in [-0.25, -0.2) is 4.39 Å². The molecule has 0 fully saturated rings. The van der Waals surface area contributed by atoms with Gasteiger partial charge in [-0.1, -0.05) is 29.8 Å². The van der Waals surface area contributed by atoms with Gasteiger partial charge in [-0.3, -0.25) is 4.79 Å². The quantitative estimate of drug-likeness (QED) is 0.767.